The standard InChI is InChI=1S/C8H14N2/c1-6-5-7(2)10(4)8(3)9-6/h5,8H,1-4H3. The summed E-state index contributed by atoms with van der Waals surface area (Å²) in [6, 6.07) is 0. The van der Waals surface area contributed by atoms with Crippen LogP contribution in [0.2, 0.25) is 0 Å². The van der Waals surface area contributed by atoms with Crippen molar-refractivity contribution in [3.63, 3.8) is 0 Å². The summed E-state index contributed by atoms with van der Waals surface area (Å²) in [4.78, 5) is 6.54. The molecule has 1 heterocycles. The second-order valence-electron chi connectivity index (χ2n) is 2.80. The molecule has 0 amide bonds. The molecule has 1 atom stereocenters. The van der Waals surface area contributed by atoms with E-state index in [0.29, 0.717) is 6.17 Å². The Morgan fingerprint density at radius 2 is 2.10 bits per heavy atom. The van der Waals surface area contributed by atoms with Crippen molar-refractivity contribution in [3.05, 3.63) is 11.8 Å². The van der Waals surface area contributed by atoms with E-state index in [1.54, 1.807) is 0 Å². The van der Waals surface area contributed by atoms with Crippen molar-refractivity contribution in [2.24, 2.45) is 4.99 Å². The van der Waals surface area contributed by atoms with Crippen molar-refractivity contribution < 1.29 is 0 Å². The summed E-state index contributed by atoms with van der Waals surface area (Å²) < 4.78 is 0. The van der Waals surface area contributed by atoms with Crippen molar-refractivity contribution in [1.82, 2.24) is 4.90 Å². The molecule has 1 aliphatic rings. The molecule has 1 rings (SSSR count). The number of aliphatic imine (C=N–C) groups is 1. The lowest BCUT2D eigenvalue weighted by Crippen LogP contribution is -2.29. The molecule has 10 heavy (non-hydrogen) atoms. The molecule has 0 N–H and O–H groups in total. The van der Waals surface area contributed by atoms with Gasteiger partial charge in [0.25, 0.3) is 0 Å². The first kappa shape index (κ1) is 7.32. The summed E-state index contributed by atoms with van der Waals surface area (Å²) in [5.74, 6) is 0. The van der Waals surface area contributed by atoms with Crippen LogP contribution in [0, 0.1) is 0 Å². The SMILES string of the molecule is CC1=CC(C)=NC(C)N1C. The molecule has 0 saturated carbocycles. The van der Waals surface area contributed by atoms with E-state index in [1.165, 1.54) is 5.70 Å². The highest BCUT2D eigenvalue weighted by Crippen LogP contribution is 2.12. The Morgan fingerprint density at radius 3 is 2.60 bits per heavy atom. The third-order valence-electron chi connectivity index (χ3n) is 1.93. The van der Waals surface area contributed by atoms with Gasteiger partial charge in [-0.1, -0.05) is 0 Å². The molecule has 0 saturated heterocycles. The van der Waals surface area contributed by atoms with Gasteiger partial charge in [-0.25, -0.2) is 0 Å². The molecule has 0 radical (unpaired) electrons. The van der Waals surface area contributed by atoms with Crippen molar-refractivity contribution in [3.8, 4) is 0 Å². The van der Waals surface area contributed by atoms with Gasteiger partial charge in [0.15, 0.2) is 0 Å². The lowest BCUT2D eigenvalue weighted by atomic mass is 10.2. The fraction of sp³-hybridized carbons (Fsp3) is 0.625. The Hall–Kier alpha value is -0.790. The van der Waals surface area contributed by atoms with E-state index in [2.05, 4.69) is 36.9 Å². The third kappa shape index (κ3) is 1.20. The maximum Gasteiger partial charge on any atom is 0.118 e. The highest BCUT2D eigenvalue weighted by molar-refractivity contribution is 5.93. The number of hydrogen-bond acceptors (Lipinski definition) is 2. The van der Waals surface area contributed by atoms with Gasteiger partial charge in [0, 0.05) is 18.5 Å². The zero-order valence-electron chi connectivity index (χ0n) is 7.05. The lowest BCUT2D eigenvalue weighted by Gasteiger charge is -2.28. The summed E-state index contributed by atoms with van der Waals surface area (Å²) in [6.07, 6.45) is 2.41. The van der Waals surface area contributed by atoms with Gasteiger partial charge in [-0.15, -0.1) is 0 Å². The summed E-state index contributed by atoms with van der Waals surface area (Å²) in [5.41, 5.74) is 2.42. The number of hydrogen-bond donors (Lipinski definition) is 0. The topological polar surface area (TPSA) is 15.6 Å². The Balaban J connectivity index is 2.85. The summed E-state index contributed by atoms with van der Waals surface area (Å²) in [6.45, 7) is 6.24. The predicted molar refractivity (Wildman–Crippen MR) is 44.1 cm³/mol. The Kier molecular flexibility index (Phi) is 1.79. The van der Waals surface area contributed by atoms with Crippen LogP contribution in [0.1, 0.15) is 20.8 Å². The Labute approximate surface area is 62.3 Å². The van der Waals surface area contributed by atoms with E-state index in [9.17, 15) is 0 Å². The average molecular weight is 138 g/mol. The molecule has 0 aromatic heterocycles. The summed E-state index contributed by atoms with van der Waals surface area (Å²) in [5, 5.41) is 0. The van der Waals surface area contributed by atoms with Crippen molar-refractivity contribution in [2.45, 2.75) is 26.9 Å². The molecule has 1 aliphatic heterocycles. The molecule has 56 valence electrons. The second-order valence-corrected chi connectivity index (χ2v) is 2.80. The van der Waals surface area contributed by atoms with Crippen LogP contribution in [0.3, 0.4) is 0 Å². The van der Waals surface area contributed by atoms with E-state index < -0.39 is 0 Å². The average Bonchev–Trinajstić information content (AvgIpc) is 1.82. The Bertz CT molecular complexity index is 191. The van der Waals surface area contributed by atoms with Crippen molar-refractivity contribution >= 4 is 5.71 Å². The lowest BCUT2D eigenvalue weighted by molar-refractivity contribution is 0.329. The van der Waals surface area contributed by atoms with Gasteiger partial charge in [-0.3, -0.25) is 4.99 Å². The normalized spacial score (nSPS) is 26.0. The molecule has 1 unspecified atom stereocenters. The number of allylic oxidation sites excluding steroid dienone is 2. The maximum atomic E-state index is 4.38. The molecule has 0 bridgehead atoms. The smallest absolute Gasteiger partial charge is 0.118 e. The zero-order chi connectivity index (χ0) is 7.72. The number of nitrogens with zero attached hydrogens (tertiary/aromatic N) is 2. The van der Waals surface area contributed by atoms with Crippen LogP contribution in [-0.4, -0.2) is 23.8 Å². The monoisotopic (exact) mass is 138 g/mol. The molecule has 2 heteroatoms. The minimum absolute atomic E-state index is 0.310. The van der Waals surface area contributed by atoms with Gasteiger partial charge in [-0.05, 0) is 26.8 Å². The highest BCUT2D eigenvalue weighted by Gasteiger charge is 2.11. The van der Waals surface area contributed by atoms with Crippen LogP contribution in [0.15, 0.2) is 16.8 Å². The van der Waals surface area contributed by atoms with Gasteiger partial charge in [0.1, 0.15) is 6.17 Å². The predicted octanol–water partition coefficient (Wildman–Crippen LogP) is 1.64. The van der Waals surface area contributed by atoms with E-state index >= 15 is 0 Å². The minimum Gasteiger partial charge on any atom is -0.357 e. The third-order valence-corrected chi connectivity index (χ3v) is 1.93. The largest absolute Gasteiger partial charge is 0.357 e. The molecule has 0 aromatic carbocycles. The van der Waals surface area contributed by atoms with Crippen LogP contribution in [0.4, 0.5) is 0 Å². The van der Waals surface area contributed by atoms with Crippen molar-refractivity contribution in [1.29, 1.82) is 0 Å². The van der Waals surface area contributed by atoms with Crippen LogP contribution in [-0.2, 0) is 0 Å². The van der Waals surface area contributed by atoms with Gasteiger partial charge >= 0.3 is 0 Å². The number of rotatable bonds is 0. The van der Waals surface area contributed by atoms with E-state index in [1.807, 2.05) is 6.92 Å². The van der Waals surface area contributed by atoms with Gasteiger partial charge in [-0.2, -0.15) is 0 Å². The van der Waals surface area contributed by atoms with Gasteiger partial charge in [0.2, 0.25) is 0 Å². The van der Waals surface area contributed by atoms with Crippen LogP contribution in [0.25, 0.3) is 0 Å². The van der Waals surface area contributed by atoms with E-state index in [4.69, 9.17) is 0 Å². The summed E-state index contributed by atoms with van der Waals surface area (Å²) >= 11 is 0. The fourth-order valence-electron chi connectivity index (χ4n) is 1.12. The molecule has 0 aliphatic carbocycles. The Morgan fingerprint density at radius 1 is 1.50 bits per heavy atom. The van der Waals surface area contributed by atoms with Crippen LogP contribution >= 0.6 is 0 Å². The molecular weight excluding hydrogens is 124 g/mol. The van der Waals surface area contributed by atoms with E-state index in [0.717, 1.165) is 5.71 Å². The van der Waals surface area contributed by atoms with Crippen LogP contribution in [0.5, 0.6) is 0 Å². The molecule has 0 aromatic rings. The quantitative estimate of drug-likeness (QED) is 0.497. The molecular formula is C8H14N2. The highest BCUT2D eigenvalue weighted by atomic mass is 15.2. The zero-order valence-corrected chi connectivity index (χ0v) is 7.05. The van der Waals surface area contributed by atoms with E-state index in [-0.39, 0.29) is 0 Å². The first-order chi connectivity index (χ1) is 4.61. The molecule has 2 nitrogen and oxygen atoms in total. The molecule has 0 fully saturated rings. The van der Waals surface area contributed by atoms with Crippen LogP contribution < -0.4 is 0 Å². The van der Waals surface area contributed by atoms with Crippen molar-refractivity contribution in [2.75, 3.05) is 7.05 Å². The maximum absolute atomic E-state index is 4.38. The fourth-order valence-corrected chi connectivity index (χ4v) is 1.12. The first-order valence-corrected chi connectivity index (χ1v) is 3.57. The summed E-state index contributed by atoms with van der Waals surface area (Å²) in [7, 11) is 2.06. The minimum atomic E-state index is 0.310. The molecule has 0 spiro atoms. The van der Waals surface area contributed by atoms with Gasteiger partial charge in [0.05, 0.1) is 0 Å². The van der Waals surface area contributed by atoms with Gasteiger partial charge < -0.3 is 4.90 Å². The first-order valence-electron chi connectivity index (χ1n) is 3.57. The second kappa shape index (κ2) is 2.45.